The second-order valence-corrected chi connectivity index (χ2v) is 9.33. The molecule has 5 nitrogen and oxygen atoms in total. The average molecular weight is 423 g/mol. The number of nitrogens with zero attached hydrogens (tertiary/aromatic N) is 1. The lowest BCUT2D eigenvalue weighted by atomic mass is 10.2. The molecule has 1 saturated heterocycles. The second-order valence-electron chi connectivity index (χ2n) is 7.57. The van der Waals surface area contributed by atoms with E-state index in [2.05, 4.69) is 21.8 Å². The Kier molecular flexibility index (Phi) is 6.06. The molecule has 1 aliphatic heterocycles. The van der Waals surface area contributed by atoms with Crippen LogP contribution in [0.15, 0.2) is 83.8 Å². The van der Waals surface area contributed by atoms with Crippen molar-refractivity contribution >= 4 is 15.7 Å². The molecule has 1 atom stereocenters. The van der Waals surface area contributed by atoms with E-state index < -0.39 is 10.0 Å². The minimum atomic E-state index is -3.58. The van der Waals surface area contributed by atoms with E-state index in [0.29, 0.717) is 12.3 Å². The molecule has 6 heteroatoms. The standard InChI is InChI=1S/C24H26N2O3S/c1-19-7-5-11-23(17-19)29-22-12-14-24(15-13-22)30(27,28)25-18-21-10-6-16-26(21)20-8-3-2-4-9-20/h2-5,7-9,11-15,17,21,25H,6,10,16,18H2,1H3. The topological polar surface area (TPSA) is 58.6 Å². The monoisotopic (exact) mass is 422 g/mol. The molecule has 30 heavy (non-hydrogen) atoms. The van der Waals surface area contributed by atoms with Crippen molar-refractivity contribution in [2.75, 3.05) is 18.0 Å². The van der Waals surface area contributed by atoms with Gasteiger partial charge in [-0.05, 0) is 73.9 Å². The van der Waals surface area contributed by atoms with Gasteiger partial charge in [0.05, 0.1) is 4.90 Å². The van der Waals surface area contributed by atoms with Gasteiger partial charge in [0.2, 0.25) is 10.0 Å². The molecule has 1 aliphatic rings. The molecular formula is C24H26N2O3S. The van der Waals surface area contributed by atoms with Crippen LogP contribution in [0.2, 0.25) is 0 Å². The van der Waals surface area contributed by atoms with Crippen LogP contribution in [0.25, 0.3) is 0 Å². The molecule has 1 fully saturated rings. The third kappa shape index (κ3) is 4.83. The summed E-state index contributed by atoms with van der Waals surface area (Å²) in [5.74, 6) is 1.33. The highest BCUT2D eigenvalue weighted by atomic mass is 32.2. The van der Waals surface area contributed by atoms with Crippen molar-refractivity contribution in [2.24, 2.45) is 0 Å². The Morgan fingerprint density at radius 2 is 1.73 bits per heavy atom. The quantitative estimate of drug-likeness (QED) is 0.598. The molecule has 4 rings (SSSR count). The fourth-order valence-corrected chi connectivity index (χ4v) is 4.87. The maximum atomic E-state index is 12.8. The smallest absolute Gasteiger partial charge is 0.240 e. The van der Waals surface area contributed by atoms with E-state index in [9.17, 15) is 8.42 Å². The van der Waals surface area contributed by atoms with Crippen molar-refractivity contribution in [3.63, 3.8) is 0 Å². The number of anilines is 1. The molecule has 0 amide bonds. The van der Waals surface area contributed by atoms with Gasteiger partial charge in [0.15, 0.2) is 0 Å². The summed E-state index contributed by atoms with van der Waals surface area (Å²) in [6.45, 7) is 3.33. The van der Waals surface area contributed by atoms with Crippen LogP contribution in [0, 0.1) is 6.92 Å². The molecule has 3 aromatic carbocycles. The highest BCUT2D eigenvalue weighted by molar-refractivity contribution is 7.89. The Morgan fingerprint density at radius 3 is 2.47 bits per heavy atom. The first kappa shape index (κ1) is 20.4. The van der Waals surface area contributed by atoms with Crippen molar-refractivity contribution in [2.45, 2.75) is 30.7 Å². The number of nitrogens with one attached hydrogen (secondary N) is 1. The van der Waals surface area contributed by atoms with Crippen LogP contribution in [-0.2, 0) is 10.0 Å². The zero-order valence-corrected chi connectivity index (χ0v) is 17.8. The Bertz CT molecular complexity index is 1080. The first-order valence-corrected chi connectivity index (χ1v) is 11.7. The second kappa shape index (κ2) is 8.90. The molecule has 1 unspecified atom stereocenters. The molecular weight excluding hydrogens is 396 g/mol. The Morgan fingerprint density at radius 1 is 0.967 bits per heavy atom. The van der Waals surface area contributed by atoms with Crippen molar-refractivity contribution in [3.8, 4) is 11.5 Å². The van der Waals surface area contributed by atoms with Crippen molar-refractivity contribution in [1.29, 1.82) is 0 Å². The van der Waals surface area contributed by atoms with Gasteiger partial charge in [-0.3, -0.25) is 0 Å². The Hall–Kier alpha value is -2.83. The third-order valence-corrected chi connectivity index (χ3v) is 6.77. The number of sulfonamides is 1. The zero-order chi connectivity index (χ0) is 21.0. The predicted octanol–water partition coefficient (Wildman–Crippen LogP) is 4.73. The molecule has 0 aliphatic carbocycles. The normalized spacial score (nSPS) is 16.6. The highest BCUT2D eigenvalue weighted by Gasteiger charge is 2.26. The lowest BCUT2D eigenvalue weighted by Crippen LogP contribution is -2.40. The average Bonchev–Trinajstić information content (AvgIpc) is 3.22. The molecule has 3 aromatic rings. The summed E-state index contributed by atoms with van der Waals surface area (Å²) in [6, 6.07) is 24.6. The van der Waals surface area contributed by atoms with Gasteiger partial charge >= 0.3 is 0 Å². The molecule has 0 spiro atoms. The van der Waals surface area contributed by atoms with Crippen LogP contribution >= 0.6 is 0 Å². The summed E-state index contributed by atoms with van der Waals surface area (Å²) < 4.78 is 34.1. The van der Waals surface area contributed by atoms with E-state index in [0.717, 1.165) is 36.4 Å². The van der Waals surface area contributed by atoms with Gasteiger partial charge in [0.1, 0.15) is 11.5 Å². The zero-order valence-electron chi connectivity index (χ0n) is 17.0. The van der Waals surface area contributed by atoms with Crippen molar-refractivity contribution in [1.82, 2.24) is 4.72 Å². The van der Waals surface area contributed by atoms with Gasteiger partial charge in [-0.15, -0.1) is 0 Å². The number of benzene rings is 3. The third-order valence-electron chi connectivity index (χ3n) is 5.33. The highest BCUT2D eigenvalue weighted by Crippen LogP contribution is 2.26. The molecule has 0 aromatic heterocycles. The first-order chi connectivity index (χ1) is 14.5. The number of rotatable bonds is 7. The summed E-state index contributed by atoms with van der Waals surface area (Å²) in [7, 11) is -3.58. The molecule has 0 saturated carbocycles. The van der Waals surface area contributed by atoms with E-state index in [1.165, 1.54) is 0 Å². The number of hydrogen-bond acceptors (Lipinski definition) is 4. The summed E-state index contributed by atoms with van der Waals surface area (Å²) >= 11 is 0. The van der Waals surface area contributed by atoms with Crippen LogP contribution in [0.5, 0.6) is 11.5 Å². The lowest BCUT2D eigenvalue weighted by molar-refractivity contribution is 0.481. The van der Waals surface area contributed by atoms with Crippen molar-refractivity contribution in [3.05, 3.63) is 84.4 Å². The molecule has 1 N–H and O–H groups in total. The van der Waals surface area contributed by atoms with Crippen molar-refractivity contribution < 1.29 is 13.2 Å². The molecule has 0 bridgehead atoms. The maximum absolute atomic E-state index is 12.8. The number of para-hydroxylation sites is 1. The Balaban J connectivity index is 1.40. The largest absolute Gasteiger partial charge is 0.457 e. The van der Waals surface area contributed by atoms with E-state index in [4.69, 9.17) is 4.74 Å². The van der Waals surface area contributed by atoms with Crippen LogP contribution in [-0.4, -0.2) is 27.5 Å². The van der Waals surface area contributed by atoms with Crippen LogP contribution in [0.3, 0.4) is 0 Å². The minimum absolute atomic E-state index is 0.158. The van der Waals surface area contributed by atoms with Crippen LogP contribution in [0.4, 0.5) is 5.69 Å². The number of ether oxygens (including phenoxy) is 1. The Labute approximate surface area is 178 Å². The van der Waals surface area contributed by atoms with E-state index in [1.807, 2.05) is 49.4 Å². The van der Waals surface area contributed by atoms with Gasteiger partial charge in [0.25, 0.3) is 0 Å². The first-order valence-electron chi connectivity index (χ1n) is 10.2. The van der Waals surface area contributed by atoms with Gasteiger partial charge in [-0.2, -0.15) is 0 Å². The van der Waals surface area contributed by atoms with Gasteiger partial charge < -0.3 is 9.64 Å². The molecule has 156 valence electrons. The fraction of sp³-hybridized carbons (Fsp3) is 0.250. The van der Waals surface area contributed by atoms with E-state index in [1.54, 1.807) is 24.3 Å². The lowest BCUT2D eigenvalue weighted by Gasteiger charge is -2.27. The molecule has 1 heterocycles. The fourth-order valence-electron chi connectivity index (χ4n) is 3.80. The predicted molar refractivity (Wildman–Crippen MR) is 120 cm³/mol. The van der Waals surface area contributed by atoms with E-state index >= 15 is 0 Å². The maximum Gasteiger partial charge on any atom is 0.240 e. The van der Waals surface area contributed by atoms with Gasteiger partial charge in [-0.25, -0.2) is 13.1 Å². The summed E-state index contributed by atoms with van der Waals surface area (Å²) in [4.78, 5) is 2.52. The van der Waals surface area contributed by atoms with E-state index in [-0.39, 0.29) is 10.9 Å². The van der Waals surface area contributed by atoms with Gasteiger partial charge in [-0.1, -0.05) is 30.3 Å². The molecule has 0 radical (unpaired) electrons. The van der Waals surface area contributed by atoms with Crippen LogP contribution < -0.4 is 14.4 Å². The van der Waals surface area contributed by atoms with Crippen LogP contribution in [0.1, 0.15) is 18.4 Å². The number of hydrogen-bond donors (Lipinski definition) is 1. The summed E-state index contributed by atoms with van der Waals surface area (Å²) in [6.07, 6.45) is 2.03. The minimum Gasteiger partial charge on any atom is -0.457 e. The summed E-state index contributed by atoms with van der Waals surface area (Å²) in [5, 5.41) is 0. The number of aryl methyl sites for hydroxylation is 1. The van der Waals surface area contributed by atoms with Gasteiger partial charge in [0, 0.05) is 24.8 Å². The summed E-state index contributed by atoms with van der Waals surface area (Å²) in [5.41, 5.74) is 2.24. The SMILES string of the molecule is Cc1cccc(Oc2ccc(S(=O)(=O)NCC3CCCN3c3ccccc3)cc2)c1.